The predicted octanol–water partition coefficient (Wildman–Crippen LogP) is 0.347. The summed E-state index contributed by atoms with van der Waals surface area (Å²) in [7, 11) is 1.63. The number of ether oxygens (including phenoxy) is 4. The lowest BCUT2D eigenvalue weighted by Crippen LogP contribution is -2.13. The number of hydrogen-bond acceptors (Lipinski definition) is 7. The largest absolute Gasteiger partial charge is 0.461 e. The maximum atomic E-state index is 10.4. The lowest BCUT2D eigenvalue weighted by atomic mass is 10.4. The van der Waals surface area contributed by atoms with Gasteiger partial charge < -0.3 is 18.9 Å². The Hall–Kier alpha value is -1.57. The second-order valence-electron chi connectivity index (χ2n) is 3.48. The van der Waals surface area contributed by atoms with Crippen LogP contribution in [-0.2, 0) is 14.2 Å². The van der Waals surface area contributed by atoms with E-state index in [1.807, 2.05) is 0 Å². The Labute approximate surface area is 111 Å². The van der Waals surface area contributed by atoms with Crippen molar-refractivity contribution in [1.29, 1.82) is 0 Å². The molecular weight excluding hydrogens is 252 g/mol. The Balaban J connectivity index is 1.96. The zero-order valence-corrected chi connectivity index (χ0v) is 10.9. The van der Waals surface area contributed by atoms with Gasteiger partial charge in [-0.1, -0.05) is 0 Å². The lowest BCUT2D eigenvalue weighted by Gasteiger charge is -2.06. The first-order chi connectivity index (χ1) is 9.36. The highest BCUT2D eigenvalue weighted by atomic mass is 16.6. The van der Waals surface area contributed by atoms with Crippen molar-refractivity contribution in [3.05, 3.63) is 18.0 Å². The second kappa shape index (κ2) is 10.4. The fourth-order valence-corrected chi connectivity index (χ4v) is 1.12. The predicted molar refractivity (Wildman–Crippen MR) is 66.4 cm³/mol. The maximum absolute atomic E-state index is 10.4. The zero-order chi connectivity index (χ0) is 13.8. The van der Waals surface area contributed by atoms with Gasteiger partial charge in [-0.05, 0) is 0 Å². The fraction of sp³-hybridized carbons (Fsp3) is 0.583. The molecule has 0 aliphatic rings. The molecule has 7 nitrogen and oxygen atoms in total. The Morgan fingerprint density at radius 1 is 1.00 bits per heavy atom. The zero-order valence-electron chi connectivity index (χ0n) is 10.9. The summed E-state index contributed by atoms with van der Waals surface area (Å²) in [4.78, 5) is 18.1. The molecule has 7 heteroatoms. The van der Waals surface area contributed by atoms with E-state index < -0.39 is 0 Å². The third-order valence-electron chi connectivity index (χ3n) is 2.05. The van der Waals surface area contributed by atoms with Gasteiger partial charge in [0.05, 0.1) is 38.6 Å². The topological polar surface area (TPSA) is 79.8 Å². The van der Waals surface area contributed by atoms with Crippen molar-refractivity contribution in [3.8, 4) is 6.01 Å². The first-order valence-electron chi connectivity index (χ1n) is 5.91. The fourth-order valence-electron chi connectivity index (χ4n) is 1.12. The van der Waals surface area contributed by atoms with Crippen molar-refractivity contribution in [1.82, 2.24) is 9.97 Å². The summed E-state index contributed by atoms with van der Waals surface area (Å²) in [5.41, 5.74) is 0.414. The van der Waals surface area contributed by atoms with E-state index in [0.29, 0.717) is 51.5 Å². The third-order valence-corrected chi connectivity index (χ3v) is 2.05. The van der Waals surface area contributed by atoms with Crippen LogP contribution in [0.1, 0.15) is 10.4 Å². The highest BCUT2D eigenvalue weighted by molar-refractivity contribution is 5.73. The van der Waals surface area contributed by atoms with Crippen molar-refractivity contribution in [3.63, 3.8) is 0 Å². The molecule has 1 aromatic heterocycles. The van der Waals surface area contributed by atoms with Crippen LogP contribution in [0.15, 0.2) is 12.4 Å². The molecule has 0 saturated carbocycles. The minimum atomic E-state index is 0.227. The molecule has 1 rings (SSSR count). The maximum Gasteiger partial charge on any atom is 0.316 e. The Bertz CT molecular complexity index is 344. The summed E-state index contributed by atoms with van der Waals surface area (Å²) < 4.78 is 20.6. The third kappa shape index (κ3) is 7.45. The number of rotatable bonds is 11. The van der Waals surface area contributed by atoms with Gasteiger partial charge in [-0.3, -0.25) is 4.79 Å². The number of aromatic nitrogens is 2. The number of carbonyl (C=O) groups is 1. The van der Waals surface area contributed by atoms with E-state index in [1.165, 1.54) is 12.4 Å². The van der Waals surface area contributed by atoms with E-state index in [2.05, 4.69) is 9.97 Å². The van der Waals surface area contributed by atoms with Crippen LogP contribution in [0.5, 0.6) is 6.01 Å². The van der Waals surface area contributed by atoms with Crippen LogP contribution in [0.3, 0.4) is 0 Å². The van der Waals surface area contributed by atoms with Gasteiger partial charge in [-0.2, -0.15) is 0 Å². The molecule has 0 fully saturated rings. The Morgan fingerprint density at radius 3 is 2.16 bits per heavy atom. The molecule has 0 atom stereocenters. The highest BCUT2D eigenvalue weighted by Gasteiger charge is 1.98. The molecule has 0 saturated heterocycles. The molecule has 1 aromatic rings. The SMILES string of the molecule is COCCOCCOCCOc1ncc(C=O)cn1. The average Bonchev–Trinajstić information content (AvgIpc) is 2.46. The first kappa shape index (κ1) is 15.5. The number of aldehydes is 1. The van der Waals surface area contributed by atoms with E-state index >= 15 is 0 Å². The second-order valence-corrected chi connectivity index (χ2v) is 3.48. The van der Waals surface area contributed by atoms with Crippen LogP contribution in [0.2, 0.25) is 0 Å². The van der Waals surface area contributed by atoms with Crippen LogP contribution < -0.4 is 4.74 Å². The highest BCUT2D eigenvalue weighted by Crippen LogP contribution is 2.00. The normalized spacial score (nSPS) is 10.4. The van der Waals surface area contributed by atoms with Gasteiger partial charge in [0, 0.05) is 19.5 Å². The number of methoxy groups -OCH3 is 1. The Morgan fingerprint density at radius 2 is 1.58 bits per heavy atom. The van der Waals surface area contributed by atoms with Crippen molar-refractivity contribution < 1.29 is 23.7 Å². The number of nitrogens with zero attached hydrogens (tertiary/aromatic N) is 2. The summed E-state index contributed by atoms with van der Waals surface area (Å²) in [5, 5.41) is 0. The molecule has 0 radical (unpaired) electrons. The van der Waals surface area contributed by atoms with Crippen LogP contribution in [-0.4, -0.2) is 63.0 Å². The van der Waals surface area contributed by atoms with Crippen molar-refractivity contribution in [2.45, 2.75) is 0 Å². The van der Waals surface area contributed by atoms with E-state index in [9.17, 15) is 4.79 Å². The van der Waals surface area contributed by atoms with E-state index in [4.69, 9.17) is 18.9 Å². The van der Waals surface area contributed by atoms with E-state index in [1.54, 1.807) is 7.11 Å². The van der Waals surface area contributed by atoms with E-state index in [-0.39, 0.29) is 6.01 Å². The van der Waals surface area contributed by atoms with Gasteiger partial charge in [-0.25, -0.2) is 9.97 Å². The quantitative estimate of drug-likeness (QED) is 0.424. The van der Waals surface area contributed by atoms with Crippen LogP contribution in [0, 0.1) is 0 Å². The van der Waals surface area contributed by atoms with Crippen LogP contribution in [0.25, 0.3) is 0 Å². The van der Waals surface area contributed by atoms with Crippen molar-refractivity contribution in [2.24, 2.45) is 0 Å². The molecule has 0 aliphatic carbocycles. The summed E-state index contributed by atoms with van der Waals surface area (Å²) in [6.45, 7) is 2.93. The summed E-state index contributed by atoms with van der Waals surface area (Å²) in [6, 6.07) is 0.227. The summed E-state index contributed by atoms with van der Waals surface area (Å²) in [5.74, 6) is 0. The van der Waals surface area contributed by atoms with Crippen LogP contribution >= 0.6 is 0 Å². The number of hydrogen-bond donors (Lipinski definition) is 0. The molecule has 1 heterocycles. The lowest BCUT2D eigenvalue weighted by molar-refractivity contribution is 0.0173. The van der Waals surface area contributed by atoms with Gasteiger partial charge in [0.2, 0.25) is 0 Å². The van der Waals surface area contributed by atoms with Crippen molar-refractivity contribution in [2.75, 3.05) is 46.8 Å². The molecule has 0 aromatic carbocycles. The Kier molecular flexibility index (Phi) is 8.45. The van der Waals surface area contributed by atoms with Gasteiger partial charge in [-0.15, -0.1) is 0 Å². The standard InChI is InChI=1S/C12H18N2O5/c1-16-2-3-17-4-5-18-6-7-19-12-13-8-11(10-15)9-14-12/h8-10H,2-7H2,1H3. The summed E-state index contributed by atoms with van der Waals surface area (Å²) in [6.07, 6.45) is 3.48. The van der Waals surface area contributed by atoms with Crippen molar-refractivity contribution >= 4 is 6.29 Å². The molecule has 0 unspecified atom stereocenters. The molecule has 0 N–H and O–H groups in total. The molecule has 0 spiro atoms. The molecule has 19 heavy (non-hydrogen) atoms. The monoisotopic (exact) mass is 270 g/mol. The van der Waals surface area contributed by atoms with Gasteiger partial charge in [0.1, 0.15) is 6.61 Å². The summed E-state index contributed by atoms with van der Waals surface area (Å²) >= 11 is 0. The minimum Gasteiger partial charge on any atom is -0.461 e. The van der Waals surface area contributed by atoms with Gasteiger partial charge in [0.15, 0.2) is 6.29 Å². The smallest absolute Gasteiger partial charge is 0.316 e. The van der Waals surface area contributed by atoms with Gasteiger partial charge >= 0.3 is 6.01 Å². The average molecular weight is 270 g/mol. The molecular formula is C12H18N2O5. The molecule has 0 bridgehead atoms. The number of carbonyl (C=O) groups excluding carboxylic acids is 1. The first-order valence-corrected chi connectivity index (χ1v) is 5.91. The molecule has 0 amide bonds. The van der Waals surface area contributed by atoms with Gasteiger partial charge in [0.25, 0.3) is 0 Å². The molecule has 0 aliphatic heterocycles. The minimum absolute atomic E-state index is 0.227. The molecule has 106 valence electrons. The van der Waals surface area contributed by atoms with Crippen LogP contribution in [0.4, 0.5) is 0 Å². The van der Waals surface area contributed by atoms with E-state index in [0.717, 1.165) is 0 Å².